The first-order valence-corrected chi connectivity index (χ1v) is 8.44. The Hall–Kier alpha value is -2.53. The summed E-state index contributed by atoms with van der Waals surface area (Å²) in [6, 6.07) is 17.0. The van der Waals surface area contributed by atoms with Gasteiger partial charge in [-0.3, -0.25) is 0 Å². The molecule has 0 aliphatic carbocycles. The molecule has 0 bridgehead atoms. The molecule has 2 aromatic rings. The Morgan fingerprint density at radius 1 is 1.04 bits per heavy atom. The molecule has 0 fully saturated rings. The predicted molar refractivity (Wildman–Crippen MR) is 100 cm³/mol. The number of hydrogen-bond acceptors (Lipinski definition) is 3. The molecule has 0 saturated heterocycles. The summed E-state index contributed by atoms with van der Waals surface area (Å²) in [4.78, 5) is 12.4. The summed E-state index contributed by atoms with van der Waals surface area (Å²) >= 11 is 0. The van der Waals surface area contributed by atoms with Gasteiger partial charge in [0, 0.05) is 12.8 Å². The molecular weight excluding hydrogens is 316 g/mol. The first kappa shape index (κ1) is 18.8. The highest BCUT2D eigenvalue weighted by Gasteiger charge is 2.26. The summed E-state index contributed by atoms with van der Waals surface area (Å²) in [5.41, 5.74) is 1.37. The fourth-order valence-corrected chi connectivity index (χ4v) is 2.46. The van der Waals surface area contributed by atoms with Crippen LogP contribution in [0.3, 0.4) is 0 Å². The third-order valence-corrected chi connectivity index (χ3v) is 4.18. The van der Waals surface area contributed by atoms with Crippen LogP contribution in [0.4, 0.5) is 10.5 Å². The van der Waals surface area contributed by atoms with E-state index in [0.29, 0.717) is 18.9 Å². The van der Waals surface area contributed by atoms with Crippen LogP contribution in [0, 0.1) is 0 Å². The maximum absolute atomic E-state index is 12.4. The van der Waals surface area contributed by atoms with Crippen molar-refractivity contribution in [3.05, 3.63) is 60.2 Å². The molecule has 2 aromatic carbocycles. The molecule has 25 heavy (non-hydrogen) atoms. The van der Waals surface area contributed by atoms with Gasteiger partial charge >= 0.3 is 6.03 Å². The lowest BCUT2D eigenvalue weighted by atomic mass is 9.89. The Bertz CT molecular complexity index is 658. The van der Waals surface area contributed by atoms with Crippen molar-refractivity contribution in [1.82, 2.24) is 5.32 Å². The van der Waals surface area contributed by atoms with E-state index in [0.717, 1.165) is 17.7 Å². The minimum absolute atomic E-state index is 0.235. The molecular formula is C20H26N2O3. The van der Waals surface area contributed by atoms with E-state index < -0.39 is 5.54 Å². The third kappa shape index (κ3) is 5.50. The van der Waals surface area contributed by atoms with Gasteiger partial charge in [0.25, 0.3) is 0 Å². The van der Waals surface area contributed by atoms with E-state index in [1.165, 1.54) is 0 Å². The lowest BCUT2D eigenvalue weighted by molar-refractivity contribution is 0.146. The van der Waals surface area contributed by atoms with Crippen LogP contribution in [0.25, 0.3) is 0 Å². The Morgan fingerprint density at radius 3 is 2.32 bits per heavy atom. The number of amides is 2. The zero-order valence-corrected chi connectivity index (χ0v) is 15.0. The number of carbonyl (C=O) groups excluding carboxylic acids is 1. The highest BCUT2D eigenvalue weighted by atomic mass is 16.5. The minimum Gasteiger partial charge on any atom is -0.491 e. The van der Waals surface area contributed by atoms with Gasteiger partial charge < -0.3 is 20.1 Å². The number of benzene rings is 2. The zero-order chi connectivity index (χ0) is 18.1. The monoisotopic (exact) mass is 342 g/mol. The van der Waals surface area contributed by atoms with Crippen LogP contribution in [-0.4, -0.2) is 26.4 Å². The largest absolute Gasteiger partial charge is 0.491 e. The van der Waals surface area contributed by atoms with E-state index in [1.807, 2.05) is 61.5 Å². The van der Waals surface area contributed by atoms with Crippen LogP contribution in [0.1, 0.15) is 25.8 Å². The summed E-state index contributed by atoms with van der Waals surface area (Å²) in [6.45, 7) is 5.11. The molecule has 5 heteroatoms. The highest BCUT2D eigenvalue weighted by molar-refractivity contribution is 5.89. The average molecular weight is 342 g/mol. The van der Waals surface area contributed by atoms with Crippen molar-refractivity contribution >= 4 is 11.7 Å². The fraction of sp³-hybridized carbons (Fsp3) is 0.350. The van der Waals surface area contributed by atoms with Crippen molar-refractivity contribution in [2.75, 3.05) is 25.6 Å². The number of urea groups is 1. The second-order valence-electron chi connectivity index (χ2n) is 6.00. The summed E-state index contributed by atoms with van der Waals surface area (Å²) in [6.07, 6.45) is 0.788. The van der Waals surface area contributed by atoms with Gasteiger partial charge in [-0.2, -0.15) is 0 Å². The SMILES string of the molecule is CCC(C)(NC(=O)Nc1ccc(OCCOC)cc1)c1ccccc1. The molecule has 1 unspecified atom stereocenters. The van der Waals surface area contributed by atoms with Crippen molar-refractivity contribution in [2.24, 2.45) is 0 Å². The number of nitrogens with one attached hydrogen (secondary N) is 2. The quantitative estimate of drug-likeness (QED) is 0.708. The van der Waals surface area contributed by atoms with Gasteiger partial charge in [-0.1, -0.05) is 37.3 Å². The van der Waals surface area contributed by atoms with Crippen molar-refractivity contribution in [1.29, 1.82) is 0 Å². The van der Waals surface area contributed by atoms with Crippen LogP contribution in [0.15, 0.2) is 54.6 Å². The molecule has 5 nitrogen and oxygen atoms in total. The van der Waals surface area contributed by atoms with Gasteiger partial charge in [0.05, 0.1) is 12.1 Å². The van der Waals surface area contributed by atoms with E-state index >= 15 is 0 Å². The van der Waals surface area contributed by atoms with Crippen molar-refractivity contribution in [2.45, 2.75) is 25.8 Å². The maximum Gasteiger partial charge on any atom is 0.319 e. The van der Waals surface area contributed by atoms with Gasteiger partial charge in [0.1, 0.15) is 12.4 Å². The van der Waals surface area contributed by atoms with E-state index in [2.05, 4.69) is 17.6 Å². The number of methoxy groups -OCH3 is 1. The standard InChI is InChI=1S/C20H26N2O3/c1-4-20(2,16-8-6-5-7-9-16)22-19(23)21-17-10-12-18(13-11-17)25-15-14-24-3/h5-13H,4,14-15H2,1-3H3,(H2,21,22,23). The van der Waals surface area contributed by atoms with E-state index in [4.69, 9.17) is 9.47 Å². The second-order valence-corrected chi connectivity index (χ2v) is 6.00. The predicted octanol–water partition coefficient (Wildman–Crippen LogP) is 4.16. The molecule has 0 aliphatic rings. The Kier molecular flexibility index (Phi) is 6.83. The van der Waals surface area contributed by atoms with Gasteiger partial charge in [-0.05, 0) is 43.2 Å². The van der Waals surface area contributed by atoms with Gasteiger partial charge in [0.2, 0.25) is 0 Å². The molecule has 0 spiro atoms. The van der Waals surface area contributed by atoms with Crippen LogP contribution >= 0.6 is 0 Å². The van der Waals surface area contributed by atoms with E-state index in [-0.39, 0.29) is 6.03 Å². The topological polar surface area (TPSA) is 59.6 Å². The van der Waals surface area contributed by atoms with Crippen LogP contribution in [0.2, 0.25) is 0 Å². The number of carbonyl (C=O) groups is 1. The fourth-order valence-electron chi connectivity index (χ4n) is 2.46. The third-order valence-electron chi connectivity index (χ3n) is 4.18. The number of hydrogen-bond donors (Lipinski definition) is 2. The summed E-state index contributed by atoms with van der Waals surface area (Å²) < 4.78 is 10.5. The first-order valence-electron chi connectivity index (χ1n) is 8.44. The lowest BCUT2D eigenvalue weighted by Crippen LogP contribution is -2.45. The number of anilines is 1. The highest BCUT2D eigenvalue weighted by Crippen LogP contribution is 2.24. The maximum atomic E-state index is 12.4. The lowest BCUT2D eigenvalue weighted by Gasteiger charge is -2.30. The second kappa shape index (κ2) is 9.08. The molecule has 0 aliphatic heterocycles. The Morgan fingerprint density at radius 2 is 1.72 bits per heavy atom. The molecule has 0 aromatic heterocycles. The Balaban J connectivity index is 1.95. The average Bonchev–Trinajstić information content (AvgIpc) is 2.64. The first-order chi connectivity index (χ1) is 12.1. The summed E-state index contributed by atoms with van der Waals surface area (Å²) in [5.74, 6) is 0.741. The molecule has 1 atom stereocenters. The van der Waals surface area contributed by atoms with Crippen molar-refractivity contribution in [3.8, 4) is 5.75 Å². The summed E-state index contributed by atoms with van der Waals surface area (Å²) in [5, 5.41) is 5.93. The Labute approximate surface area is 149 Å². The van der Waals surface area contributed by atoms with Crippen LogP contribution < -0.4 is 15.4 Å². The number of rotatable bonds is 8. The molecule has 2 rings (SSSR count). The molecule has 2 amide bonds. The molecule has 0 radical (unpaired) electrons. The summed E-state index contributed by atoms with van der Waals surface area (Å²) in [7, 11) is 1.63. The van der Waals surface area contributed by atoms with Crippen LogP contribution in [-0.2, 0) is 10.3 Å². The number of ether oxygens (including phenoxy) is 2. The van der Waals surface area contributed by atoms with Crippen LogP contribution in [0.5, 0.6) is 5.75 Å². The normalized spacial score (nSPS) is 12.9. The molecule has 0 saturated carbocycles. The van der Waals surface area contributed by atoms with E-state index in [1.54, 1.807) is 7.11 Å². The van der Waals surface area contributed by atoms with Crippen molar-refractivity contribution in [3.63, 3.8) is 0 Å². The molecule has 0 heterocycles. The van der Waals surface area contributed by atoms with Gasteiger partial charge in [-0.25, -0.2) is 4.79 Å². The zero-order valence-electron chi connectivity index (χ0n) is 15.0. The van der Waals surface area contributed by atoms with Gasteiger partial charge in [-0.15, -0.1) is 0 Å². The van der Waals surface area contributed by atoms with E-state index in [9.17, 15) is 4.79 Å². The van der Waals surface area contributed by atoms with Crippen molar-refractivity contribution < 1.29 is 14.3 Å². The molecule has 2 N–H and O–H groups in total. The van der Waals surface area contributed by atoms with Gasteiger partial charge in [0.15, 0.2) is 0 Å². The molecule has 134 valence electrons. The minimum atomic E-state index is -0.422. The smallest absolute Gasteiger partial charge is 0.319 e.